The molecule has 0 radical (unpaired) electrons. The summed E-state index contributed by atoms with van der Waals surface area (Å²) in [5.74, 6) is 0.136. The molecule has 0 spiro atoms. The molecule has 1 atom stereocenters. The van der Waals surface area contributed by atoms with Crippen molar-refractivity contribution >= 4 is 11.9 Å². The van der Waals surface area contributed by atoms with Crippen LogP contribution in [0.1, 0.15) is 35.0 Å². The van der Waals surface area contributed by atoms with Crippen LogP contribution >= 0.6 is 0 Å². The van der Waals surface area contributed by atoms with Crippen LogP contribution in [0.15, 0.2) is 48.7 Å². The zero-order valence-electron chi connectivity index (χ0n) is 17.2. The van der Waals surface area contributed by atoms with Crippen molar-refractivity contribution in [1.29, 1.82) is 0 Å². The van der Waals surface area contributed by atoms with Gasteiger partial charge in [0.1, 0.15) is 0 Å². The molecule has 0 bridgehead atoms. The Kier molecular flexibility index (Phi) is 5.59. The maximum Gasteiger partial charge on any atom is 0.419 e. The smallest absolute Gasteiger partial charge is 0.330 e. The minimum Gasteiger partial charge on any atom is -0.330 e. The molecule has 166 valence electrons. The summed E-state index contributed by atoms with van der Waals surface area (Å²) < 4.78 is 39.6. The topological polar surface area (TPSA) is 102 Å². The van der Waals surface area contributed by atoms with E-state index >= 15 is 0 Å². The first-order chi connectivity index (χ1) is 15.2. The van der Waals surface area contributed by atoms with Crippen molar-refractivity contribution in [3.8, 4) is 5.82 Å². The van der Waals surface area contributed by atoms with Gasteiger partial charge in [-0.1, -0.05) is 11.3 Å². The van der Waals surface area contributed by atoms with E-state index in [1.807, 2.05) is 19.9 Å². The van der Waals surface area contributed by atoms with Crippen LogP contribution in [0.2, 0.25) is 0 Å². The number of aromatic nitrogens is 6. The monoisotopic (exact) mass is 444 g/mol. The molecule has 1 N–H and O–H groups in total. The molecule has 1 amide bonds. The average Bonchev–Trinajstić information content (AvgIpc) is 3.29. The molecule has 0 unspecified atom stereocenters. The first kappa shape index (κ1) is 21.4. The van der Waals surface area contributed by atoms with Gasteiger partial charge in [-0.2, -0.15) is 13.2 Å². The van der Waals surface area contributed by atoms with E-state index in [2.05, 4.69) is 30.6 Å². The number of carbonyl (C=O) groups excluding carboxylic acids is 1. The number of hydrogen-bond acceptors (Lipinski definition) is 7. The maximum atomic E-state index is 13.4. The van der Waals surface area contributed by atoms with E-state index in [0.29, 0.717) is 42.4 Å². The van der Waals surface area contributed by atoms with Crippen LogP contribution in [0.4, 0.5) is 19.1 Å². The van der Waals surface area contributed by atoms with E-state index in [-0.39, 0.29) is 11.9 Å². The van der Waals surface area contributed by atoms with E-state index in [1.54, 1.807) is 23.2 Å². The summed E-state index contributed by atoms with van der Waals surface area (Å²) in [6.07, 6.45) is 2.45. The zero-order valence-corrected chi connectivity index (χ0v) is 17.2. The molecule has 3 aromatic heterocycles. The lowest BCUT2D eigenvalue weighted by atomic mass is 10.1. The van der Waals surface area contributed by atoms with Crippen molar-refractivity contribution in [2.24, 2.45) is 0 Å². The van der Waals surface area contributed by atoms with Gasteiger partial charge in [0.15, 0.2) is 5.82 Å². The van der Waals surface area contributed by atoms with E-state index < -0.39 is 17.8 Å². The first-order valence-corrected chi connectivity index (χ1v) is 9.75. The minimum absolute atomic E-state index is 0.0192. The molecule has 0 aliphatic carbocycles. The quantitative estimate of drug-likeness (QED) is 0.660. The highest BCUT2D eigenvalue weighted by molar-refractivity contribution is 5.97. The van der Waals surface area contributed by atoms with Gasteiger partial charge in [0.05, 0.1) is 29.6 Å². The molecule has 0 fully saturated rings. The number of pyridine rings is 1. The summed E-state index contributed by atoms with van der Waals surface area (Å²) in [5.41, 5.74) is 0.769. The van der Waals surface area contributed by atoms with Crippen LogP contribution in [-0.4, -0.2) is 53.3 Å². The summed E-state index contributed by atoms with van der Waals surface area (Å²) in [7, 11) is 0. The van der Waals surface area contributed by atoms with Crippen LogP contribution in [0.25, 0.3) is 5.82 Å². The number of nitrogens with zero attached hydrogens (tertiary/aromatic N) is 7. The molecular weight excluding hydrogens is 425 g/mol. The molecule has 3 aromatic rings. The lowest BCUT2D eigenvalue weighted by Gasteiger charge is -2.34. The molecule has 0 saturated carbocycles. The SMILES string of the molecule is Cc1ccc(C(=O)N2CCC=C(Nc3ncc(C(F)(F)F)cn3)[C@@H]2C)c(-n2ccnn2)n1. The Balaban J connectivity index is 1.55. The second-order valence-electron chi connectivity index (χ2n) is 7.21. The largest absolute Gasteiger partial charge is 0.419 e. The average molecular weight is 444 g/mol. The van der Waals surface area contributed by atoms with Crippen LogP contribution in [0, 0.1) is 6.92 Å². The first-order valence-electron chi connectivity index (χ1n) is 9.75. The van der Waals surface area contributed by atoms with Gasteiger partial charge < -0.3 is 10.2 Å². The van der Waals surface area contributed by atoms with E-state index in [1.165, 1.54) is 10.9 Å². The number of nitrogens with one attached hydrogen (secondary N) is 1. The molecule has 0 aromatic carbocycles. The molecule has 4 rings (SSSR count). The highest BCUT2D eigenvalue weighted by Gasteiger charge is 2.32. The van der Waals surface area contributed by atoms with Gasteiger partial charge in [0.25, 0.3) is 5.91 Å². The molecule has 9 nitrogen and oxygen atoms in total. The fraction of sp³-hybridized carbons (Fsp3) is 0.300. The Bertz CT molecular complexity index is 1140. The van der Waals surface area contributed by atoms with Gasteiger partial charge in [-0.25, -0.2) is 19.6 Å². The second-order valence-corrected chi connectivity index (χ2v) is 7.21. The molecule has 1 aliphatic heterocycles. The standard InChI is InChI=1S/C20H19F3N8O/c1-12-5-6-15(17(27-12)31-9-7-26-29-31)18(32)30-8-3-4-16(13(30)2)28-19-24-10-14(11-25-19)20(21,22)23/h4-7,9-11,13H,3,8H2,1-2H3,(H,24,25,28)/t13-/m0/s1. The third-order valence-corrected chi connectivity index (χ3v) is 5.03. The molecular formula is C20H19F3N8O. The Morgan fingerprint density at radius 3 is 2.62 bits per heavy atom. The van der Waals surface area contributed by atoms with Crippen LogP contribution in [0.3, 0.4) is 0 Å². The summed E-state index contributed by atoms with van der Waals surface area (Å²) in [4.78, 5) is 27.0. The Labute approximate surface area is 181 Å². The minimum atomic E-state index is -4.51. The Hall–Kier alpha value is -3.83. The number of amides is 1. The van der Waals surface area contributed by atoms with Crippen LogP contribution in [0.5, 0.6) is 0 Å². The lowest BCUT2D eigenvalue weighted by Crippen LogP contribution is -2.44. The van der Waals surface area contributed by atoms with Gasteiger partial charge in [-0.3, -0.25) is 4.79 Å². The van der Waals surface area contributed by atoms with Crippen molar-refractivity contribution in [1.82, 2.24) is 34.8 Å². The fourth-order valence-corrected chi connectivity index (χ4v) is 3.35. The van der Waals surface area contributed by atoms with Crippen molar-refractivity contribution in [3.05, 3.63) is 65.5 Å². The zero-order chi connectivity index (χ0) is 22.9. The van der Waals surface area contributed by atoms with E-state index in [0.717, 1.165) is 5.69 Å². The van der Waals surface area contributed by atoms with Gasteiger partial charge in [-0.05, 0) is 32.4 Å². The fourth-order valence-electron chi connectivity index (χ4n) is 3.35. The molecule has 1 aliphatic rings. The maximum absolute atomic E-state index is 13.4. The third kappa shape index (κ3) is 4.29. The van der Waals surface area contributed by atoms with Crippen molar-refractivity contribution < 1.29 is 18.0 Å². The predicted octanol–water partition coefficient (Wildman–Crippen LogP) is 3.01. The van der Waals surface area contributed by atoms with E-state index in [4.69, 9.17) is 0 Å². The normalized spacial score (nSPS) is 16.6. The molecule has 32 heavy (non-hydrogen) atoms. The van der Waals surface area contributed by atoms with Crippen LogP contribution in [-0.2, 0) is 6.18 Å². The van der Waals surface area contributed by atoms with Gasteiger partial charge in [-0.15, -0.1) is 5.10 Å². The van der Waals surface area contributed by atoms with Crippen molar-refractivity contribution in [2.45, 2.75) is 32.5 Å². The summed E-state index contributed by atoms with van der Waals surface area (Å²) >= 11 is 0. The van der Waals surface area contributed by atoms with Crippen LogP contribution < -0.4 is 5.32 Å². The van der Waals surface area contributed by atoms with Gasteiger partial charge >= 0.3 is 6.18 Å². The number of hydrogen-bond donors (Lipinski definition) is 1. The number of aryl methyl sites for hydroxylation is 1. The summed E-state index contributed by atoms with van der Waals surface area (Å²) in [6, 6.07) is 3.04. The summed E-state index contributed by atoms with van der Waals surface area (Å²) in [6.45, 7) is 4.09. The Morgan fingerprint density at radius 2 is 1.97 bits per heavy atom. The van der Waals surface area contributed by atoms with E-state index in [9.17, 15) is 18.0 Å². The predicted molar refractivity (Wildman–Crippen MR) is 108 cm³/mol. The lowest BCUT2D eigenvalue weighted by molar-refractivity contribution is -0.138. The van der Waals surface area contributed by atoms with Gasteiger partial charge in [0, 0.05) is 30.3 Å². The summed E-state index contributed by atoms with van der Waals surface area (Å²) in [5, 5.41) is 10.7. The molecule has 12 heteroatoms. The molecule has 4 heterocycles. The van der Waals surface area contributed by atoms with Gasteiger partial charge in [0.2, 0.25) is 5.95 Å². The Morgan fingerprint density at radius 1 is 1.22 bits per heavy atom. The number of carbonyl (C=O) groups is 1. The number of rotatable bonds is 4. The van der Waals surface area contributed by atoms with Crippen molar-refractivity contribution in [3.63, 3.8) is 0 Å². The van der Waals surface area contributed by atoms with Crippen molar-refractivity contribution in [2.75, 3.05) is 11.9 Å². The number of alkyl halides is 3. The third-order valence-electron chi connectivity index (χ3n) is 5.03. The highest BCUT2D eigenvalue weighted by Crippen LogP contribution is 2.28. The second kappa shape index (κ2) is 8.36. The molecule has 0 saturated heterocycles. The number of anilines is 1. The number of halogens is 3. The highest BCUT2D eigenvalue weighted by atomic mass is 19.4.